The molecule has 1 aliphatic heterocycles. The number of aryl methyl sites for hydroxylation is 1. The van der Waals surface area contributed by atoms with Crippen LogP contribution in [0, 0.1) is 6.92 Å². The zero-order chi connectivity index (χ0) is 17.1. The topological polar surface area (TPSA) is 73.7 Å². The number of aromatic nitrogens is 1. The molecule has 1 N–H and O–H groups in total. The number of carboxylic acid groups (broad SMARTS) is 1. The lowest BCUT2D eigenvalue weighted by Crippen LogP contribution is -2.48. The molecule has 2 aromatic heterocycles. The van der Waals surface area contributed by atoms with Gasteiger partial charge in [-0.3, -0.25) is 9.69 Å². The summed E-state index contributed by atoms with van der Waals surface area (Å²) >= 11 is 1.31. The van der Waals surface area contributed by atoms with E-state index in [0.29, 0.717) is 23.7 Å². The molecule has 1 saturated heterocycles. The summed E-state index contributed by atoms with van der Waals surface area (Å²) in [6.07, 6.45) is 0. The first kappa shape index (κ1) is 16.6. The van der Waals surface area contributed by atoms with Crippen molar-refractivity contribution < 1.29 is 14.7 Å². The van der Waals surface area contributed by atoms with Crippen molar-refractivity contribution in [2.75, 3.05) is 26.2 Å². The standard InChI is InChI=1S/C17H19N3O3S/c1-12-3-2-4-14(18-12)16(21)20-9-7-19(8-10-20)11-13-5-6-15(24-13)17(22)23/h2-6H,7-11H2,1H3,(H,22,23). The summed E-state index contributed by atoms with van der Waals surface area (Å²) in [5.74, 6) is -0.907. The second kappa shape index (κ2) is 7.11. The van der Waals surface area contributed by atoms with Crippen LogP contribution < -0.4 is 0 Å². The number of rotatable bonds is 4. The Morgan fingerprint density at radius 2 is 1.92 bits per heavy atom. The highest BCUT2D eigenvalue weighted by Gasteiger charge is 2.23. The van der Waals surface area contributed by atoms with Crippen molar-refractivity contribution >= 4 is 23.2 Å². The van der Waals surface area contributed by atoms with E-state index in [4.69, 9.17) is 5.11 Å². The Morgan fingerprint density at radius 1 is 1.17 bits per heavy atom. The molecule has 1 fully saturated rings. The van der Waals surface area contributed by atoms with Gasteiger partial charge in [0.15, 0.2) is 0 Å². The quantitative estimate of drug-likeness (QED) is 0.919. The first-order valence-corrected chi connectivity index (χ1v) is 8.62. The molecule has 0 bridgehead atoms. The molecule has 1 amide bonds. The number of aromatic carboxylic acids is 1. The zero-order valence-corrected chi connectivity index (χ0v) is 14.3. The summed E-state index contributed by atoms with van der Waals surface area (Å²) in [6, 6.07) is 8.98. The first-order chi connectivity index (χ1) is 11.5. The largest absolute Gasteiger partial charge is 0.477 e. The molecule has 6 nitrogen and oxygen atoms in total. The normalized spacial score (nSPS) is 15.5. The summed E-state index contributed by atoms with van der Waals surface area (Å²) < 4.78 is 0. The van der Waals surface area contributed by atoms with Crippen LogP contribution in [0.25, 0.3) is 0 Å². The monoisotopic (exact) mass is 345 g/mol. The van der Waals surface area contributed by atoms with E-state index in [2.05, 4.69) is 9.88 Å². The number of amides is 1. The van der Waals surface area contributed by atoms with Crippen LogP contribution in [0.5, 0.6) is 0 Å². The van der Waals surface area contributed by atoms with Crippen molar-refractivity contribution in [3.63, 3.8) is 0 Å². The van der Waals surface area contributed by atoms with Crippen LogP contribution in [0.4, 0.5) is 0 Å². The van der Waals surface area contributed by atoms with Gasteiger partial charge in [0.05, 0.1) is 0 Å². The third-order valence-electron chi connectivity index (χ3n) is 4.02. The van der Waals surface area contributed by atoms with E-state index in [-0.39, 0.29) is 5.91 Å². The van der Waals surface area contributed by atoms with Crippen molar-refractivity contribution in [2.45, 2.75) is 13.5 Å². The molecule has 0 aliphatic carbocycles. The van der Waals surface area contributed by atoms with Crippen LogP contribution in [-0.2, 0) is 6.54 Å². The van der Waals surface area contributed by atoms with Gasteiger partial charge in [-0.15, -0.1) is 11.3 Å². The van der Waals surface area contributed by atoms with Gasteiger partial charge in [0.1, 0.15) is 10.6 Å². The van der Waals surface area contributed by atoms with Gasteiger partial charge in [-0.25, -0.2) is 9.78 Å². The van der Waals surface area contributed by atoms with Crippen molar-refractivity contribution in [1.82, 2.24) is 14.8 Å². The molecule has 0 aromatic carbocycles. The molecule has 0 spiro atoms. The van der Waals surface area contributed by atoms with Crippen molar-refractivity contribution in [1.29, 1.82) is 0 Å². The maximum atomic E-state index is 12.5. The van der Waals surface area contributed by atoms with Gasteiger partial charge in [0.25, 0.3) is 5.91 Å². The second-order valence-electron chi connectivity index (χ2n) is 5.80. The van der Waals surface area contributed by atoms with E-state index in [1.807, 2.05) is 30.0 Å². The van der Waals surface area contributed by atoms with E-state index in [9.17, 15) is 9.59 Å². The van der Waals surface area contributed by atoms with Crippen molar-refractivity contribution in [2.24, 2.45) is 0 Å². The van der Waals surface area contributed by atoms with Gasteiger partial charge >= 0.3 is 5.97 Å². The lowest BCUT2D eigenvalue weighted by atomic mass is 10.2. The average Bonchev–Trinajstić information content (AvgIpc) is 3.04. The summed E-state index contributed by atoms with van der Waals surface area (Å²) in [6.45, 7) is 5.47. The number of thiophene rings is 1. The SMILES string of the molecule is Cc1cccc(C(=O)N2CCN(Cc3ccc(C(=O)O)s3)CC2)n1. The third kappa shape index (κ3) is 3.80. The molecular formula is C17H19N3O3S. The Hall–Kier alpha value is -2.25. The van der Waals surface area contributed by atoms with E-state index in [1.54, 1.807) is 12.1 Å². The van der Waals surface area contributed by atoms with Crippen LogP contribution in [0.1, 0.15) is 30.7 Å². The lowest BCUT2D eigenvalue weighted by molar-refractivity contribution is 0.0622. The summed E-state index contributed by atoms with van der Waals surface area (Å²) in [5, 5.41) is 8.97. The van der Waals surface area contributed by atoms with E-state index in [0.717, 1.165) is 30.2 Å². The number of carbonyl (C=O) groups is 2. The highest BCUT2D eigenvalue weighted by Crippen LogP contribution is 2.19. The summed E-state index contributed by atoms with van der Waals surface area (Å²) in [7, 11) is 0. The number of pyridine rings is 1. The molecule has 3 heterocycles. The predicted octanol–water partition coefficient (Wildman–Crippen LogP) is 2.11. The number of hydrogen-bond acceptors (Lipinski definition) is 5. The molecule has 2 aromatic rings. The van der Waals surface area contributed by atoms with Crippen LogP contribution in [-0.4, -0.2) is 57.9 Å². The molecule has 1 aliphatic rings. The Bertz CT molecular complexity index is 751. The van der Waals surface area contributed by atoms with Gasteiger partial charge < -0.3 is 10.0 Å². The van der Waals surface area contributed by atoms with Gasteiger partial charge in [0.2, 0.25) is 0 Å². The first-order valence-electron chi connectivity index (χ1n) is 7.80. The summed E-state index contributed by atoms with van der Waals surface area (Å²) in [5.41, 5.74) is 1.33. The van der Waals surface area contributed by atoms with Crippen LogP contribution >= 0.6 is 11.3 Å². The van der Waals surface area contributed by atoms with Crippen LogP contribution in [0.2, 0.25) is 0 Å². The zero-order valence-electron chi connectivity index (χ0n) is 13.4. The highest BCUT2D eigenvalue weighted by molar-refractivity contribution is 7.13. The fourth-order valence-corrected chi connectivity index (χ4v) is 3.62. The minimum atomic E-state index is -0.882. The van der Waals surface area contributed by atoms with Crippen molar-refractivity contribution in [3.05, 3.63) is 51.5 Å². The fraction of sp³-hybridized carbons (Fsp3) is 0.353. The molecule has 0 atom stereocenters. The Balaban J connectivity index is 1.55. The van der Waals surface area contributed by atoms with E-state index < -0.39 is 5.97 Å². The Morgan fingerprint density at radius 3 is 2.54 bits per heavy atom. The molecule has 24 heavy (non-hydrogen) atoms. The van der Waals surface area contributed by atoms with Gasteiger partial charge in [-0.2, -0.15) is 0 Å². The number of carboxylic acids is 1. The van der Waals surface area contributed by atoms with Crippen LogP contribution in [0.3, 0.4) is 0 Å². The third-order valence-corrected chi connectivity index (χ3v) is 5.08. The predicted molar refractivity (Wildman–Crippen MR) is 91.4 cm³/mol. The fourth-order valence-electron chi connectivity index (χ4n) is 2.73. The van der Waals surface area contributed by atoms with Crippen LogP contribution in [0.15, 0.2) is 30.3 Å². The minimum Gasteiger partial charge on any atom is -0.477 e. The smallest absolute Gasteiger partial charge is 0.345 e. The van der Waals surface area contributed by atoms with Gasteiger partial charge in [-0.05, 0) is 31.2 Å². The Labute approximate surface area is 144 Å². The number of nitrogens with zero attached hydrogens (tertiary/aromatic N) is 3. The number of carbonyl (C=O) groups excluding carboxylic acids is 1. The van der Waals surface area contributed by atoms with E-state index >= 15 is 0 Å². The lowest BCUT2D eigenvalue weighted by Gasteiger charge is -2.34. The molecule has 126 valence electrons. The van der Waals surface area contributed by atoms with E-state index in [1.165, 1.54) is 11.3 Å². The molecular weight excluding hydrogens is 326 g/mol. The number of piperazine rings is 1. The van der Waals surface area contributed by atoms with Gasteiger partial charge in [-0.1, -0.05) is 6.07 Å². The summed E-state index contributed by atoms with van der Waals surface area (Å²) in [4.78, 5) is 33.2. The van der Waals surface area contributed by atoms with Crippen molar-refractivity contribution in [3.8, 4) is 0 Å². The molecule has 3 rings (SSSR count). The Kier molecular flexibility index (Phi) is 4.92. The molecule has 0 unspecified atom stereocenters. The molecule has 7 heteroatoms. The van der Waals surface area contributed by atoms with Gasteiger partial charge in [0, 0.05) is 43.3 Å². The minimum absolute atomic E-state index is 0.0253. The molecule has 0 radical (unpaired) electrons. The maximum Gasteiger partial charge on any atom is 0.345 e. The average molecular weight is 345 g/mol. The second-order valence-corrected chi connectivity index (χ2v) is 6.97. The maximum absolute atomic E-state index is 12.5. The molecule has 0 saturated carbocycles. The highest BCUT2D eigenvalue weighted by atomic mass is 32.1. The number of hydrogen-bond donors (Lipinski definition) is 1.